The van der Waals surface area contributed by atoms with Crippen LogP contribution in [0.3, 0.4) is 0 Å². The third kappa shape index (κ3) is 3.32. The highest BCUT2D eigenvalue weighted by Gasteiger charge is 2.33. The van der Waals surface area contributed by atoms with Crippen LogP contribution in [0.4, 0.5) is 0 Å². The van der Waals surface area contributed by atoms with Crippen LogP contribution in [-0.4, -0.2) is 30.8 Å². The highest BCUT2D eigenvalue weighted by Crippen LogP contribution is 2.40. The number of rotatable bonds is 5. The molecule has 1 aromatic rings. The average molecular weight is 307 g/mol. The number of hydrogen-bond donors (Lipinski definition) is 1. The number of benzene rings is 1. The zero-order valence-electron chi connectivity index (χ0n) is 13.0. The van der Waals surface area contributed by atoms with Gasteiger partial charge in [-0.25, -0.2) is 0 Å². The second kappa shape index (κ2) is 6.49. The summed E-state index contributed by atoms with van der Waals surface area (Å²) in [6.07, 6.45) is 7.69. The Bertz CT molecular complexity index is 486. The first kappa shape index (κ1) is 15.0. The van der Waals surface area contributed by atoms with E-state index in [4.69, 9.17) is 9.47 Å². The minimum atomic E-state index is 0.338. The van der Waals surface area contributed by atoms with Crippen LogP contribution in [0.15, 0.2) is 18.2 Å². The minimum Gasteiger partial charge on any atom is -0.486 e. The van der Waals surface area contributed by atoms with Crippen molar-refractivity contribution in [2.45, 2.75) is 43.4 Å². The smallest absolute Gasteiger partial charge is 0.161 e. The van der Waals surface area contributed by atoms with Crippen molar-refractivity contribution < 1.29 is 9.47 Å². The van der Waals surface area contributed by atoms with Gasteiger partial charge in [-0.15, -0.1) is 0 Å². The van der Waals surface area contributed by atoms with E-state index in [1.165, 1.54) is 31.2 Å². The van der Waals surface area contributed by atoms with Gasteiger partial charge in [0, 0.05) is 17.3 Å². The number of nitrogens with one attached hydrogen (secondary N) is 1. The predicted octanol–water partition coefficient (Wildman–Crippen LogP) is 3.78. The topological polar surface area (TPSA) is 30.5 Å². The molecule has 0 spiro atoms. The number of thioether (sulfide) groups is 1. The van der Waals surface area contributed by atoms with E-state index in [2.05, 4.69) is 30.6 Å². The van der Waals surface area contributed by atoms with Gasteiger partial charge >= 0.3 is 0 Å². The Kier molecular flexibility index (Phi) is 4.65. The molecule has 1 heterocycles. The van der Waals surface area contributed by atoms with Crippen molar-refractivity contribution in [2.75, 3.05) is 26.0 Å². The molecule has 0 saturated heterocycles. The summed E-state index contributed by atoms with van der Waals surface area (Å²) in [6.45, 7) is 4.61. The van der Waals surface area contributed by atoms with Crippen LogP contribution in [0.5, 0.6) is 11.5 Å². The molecule has 1 fully saturated rings. The van der Waals surface area contributed by atoms with Crippen molar-refractivity contribution in [1.29, 1.82) is 0 Å². The largest absolute Gasteiger partial charge is 0.486 e. The molecule has 1 aliphatic heterocycles. The maximum Gasteiger partial charge on any atom is 0.161 e. The molecule has 0 aromatic heterocycles. The lowest BCUT2D eigenvalue weighted by molar-refractivity contribution is 0.171. The van der Waals surface area contributed by atoms with Gasteiger partial charge in [0.05, 0.1) is 0 Å². The second-order valence-corrected chi connectivity index (χ2v) is 7.37. The van der Waals surface area contributed by atoms with Crippen LogP contribution in [0.1, 0.15) is 44.2 Å². The Morgan fingerprint density at radius 1 is 1.19 bits per heavy atom. The SMILES string of the molecule is CSC1(CNC(C)c2ccc3c(c2)OCCO3)CCCC1. The normalized spacial score (nSPS) is 21.2. The summed E-state index contributed by atoms with van der Waals surface area (Å²) in [5.74, 6) is 1.75. The molecule has 1 aliphatic carbocycles. The minimum absolute atomic E-state index is 0.338. The van der Waals surface area contributed by atoms with Crippen molar-refractivity contribution in [2.24, 2.45) is 0 Å². The summed E-state index contributed by atoms with van der Waals surface area (Å²) in [6, 6.07) is 6.63. The van der Waals surface area contributed by atoms with E-state index >= 15 is 0 Å². The quantitative estimate of drug-likeness (QED) is 0.896. The predicted molar refractivity (Wildman–Crippen MR) is 88.6 cm³/mol. The van der Waals surface area contributed by atoms with Gasteiger partial charge in [0.25, 0.3) is 0 Å². The van der Waals surface area contributed by atoms with E-state index in [1.807, 2.05) is 17.8 Å². The molecular weight excluding hydrogens is 282 g/mol. The van der Waals surface area contributed by atoms with Crippen molar-refractivity contribution in [3.05, 3.63) is 23.8 Å². The molecule has 116 valence electrons. The molecule has 3 nitrogen and oxygen atoms in total. The summed E-state index contributed by atoms with van der Waals surface area (Å²) >= 11 is 2.03. The Morgan fingerprint density at radius 3 is 2.62 bits per heavy atom. The summed E-state index contributed by atoms with van der Waals surface area (Å²) in [5.41, 5.74) is 1.27. The Labute approximate surface area is 131 Å². The van der Waals surface area contributed by atoms with Gasteiger partial charge in [-0.05, 0) is 43.7 Å². The van der Waals surface area contributed by atoms with E-state index in [9.17, 15) is 0 Å². The Hall–Kier alpha value is -0.870. The van der Waals surface area contributed by atoms with Crippen LogP contribution in [0, 0.1) is 0 Å². The van der Waals surface area contributed by atoms with Gasteiger partial charge in [-0.1, -0.05) is 18.9 Å². The molecule has 3 rings (SSSR count). The molecule has 1 atom stereocenters. The molecule has 2 aliphatic rings. The molecule has 1 unspecified atom stereocenters. The van der Waals surface area contributed by atoms with Gasteiger partial charge in [-0.2, -0.15) is 11.8 Å². The molecular formula is C17H25NO2S. The third-order valence-corrected chi connectivity index (χ3v) is 6.16. The Balaban J connectivity index is 1.63. The number of fused-ring (bicyclic) bond motifs is 1. The van der Waals surface area contributed by atoms with E-state index < -0.39 is 0 Å². The van der Waals surface area contributed by atoms with Crippen LogP contribution < -0.4 is 14.8 Å². The Morgan fingerprint density at radius 2 is 1.90 bits per heavy atom. The summed E-state index contributed by atoms with van der Waals surface area (Å²) < 4.78 is 11.7. The van der Waals surface area contributed by atoms with E-state index in [-0.39, 0.29) is 0 Å². The number of ether oxygens (including phenoxy) is 2. The van der Waals surface area contributed by atoms with Crippen LogP contribution in [0.2, 0.25) is 0 Å². The van der Waals surface area contributed by atoms with E-state index in [0.717, 1.165) is 18.0 Å². The fraction of sp³-hybridized carbons (Fsp3) is 0.647. The van der Waals surface area contributed by atoms with Crippen molar-refractivity contribution >= 4 is 11.8 Å². The molecule has 1 N–H and O–H groups in total. The second-order valence-electron chi connectivity index (χ2n) is 6.10. The van der Waals surface area contributed by atoms with Crippen molar-refractivity contribution in [3.8, 4) is 11.5 Å². The monoisotopic (exact) mass is 307 g/mol. The van der Waals surface area contributed by atoms with E-state index in [0.29, 0.717) is 24.0 Å². The lowest BCUT2D eigenvalue weighted by Gasteiger charge is -2.29. The summed E-state index contributed by atoms with van der Waals surface area (Å²) in [5, 5.41) is 3.72. The van der Waals surface area contributed by atoms with Gasteiger partial charge in [-0.3, -0.25) is 0 Å². The maximum absolute atomic E-state index is 5.68. The van der Waals surface area contributed by atoms with Gasteiger partial charge in [0.15, 0.2) is 11.5 Å². The first-order valence-electron chi connectivity index (χ1n) is 7.90. The number of hydrogen-bond acceptors (Lipinski definition) is 4. The lowest BCUT2D eigenvalue weighted by atomic mass is 10.0. The van der Waals surface area contributed by atoms with Crippen molar-refractivity contribution in [1.82, 2.24) is 5.32 Å². The lowest BCUT2D eigenvalue weighted by Crippen LogP contribution is -2.36. The maximum atomic E-state index is 5.68. The molecule has 4 heteroatoms. The molecule has 0 amide bonds. The van der Waals surface area contributed by atoms with Crippen LogP contribution in [-0.2, 0) is 0 Å². The standard InChI is InChI=1S/C17H25NO2S/c1-13(18-12-17(21-2)7-3-4-8-17)14-5-6-15-16(11-14)20-10-9-19-15/h5-6,11,13,18H,3-4,7-10,12H2,1-2H3. The first-order valence-corrected chi connectivity index (χ1v) is 9.13. The fourth-order valence-electron chi connectivity index (χ4n) is 3.26. The molecule has 21 heavy (non-hydrogen) atoms. The first-order chi connectivity index (χ1) is 10.2. The van der Waals surface area contributed by atoms with Crippen molar-refractivity contribution in [3.63, 3.8) is 0 Å². The molecule has 1 saturated carbocycles. The zero-order valence-corrected chi connectivity index (χ0v) is 13.8. The summed E-state index contributed by atoms with van der Waals surface area (Å²) in [7, 11) is 0. The van der Waals surface area contributed by atoms with E-state index in [1.54, 1.807) is 0 Å². The zero-order chi connectivity index (χ0) is 14.7. The molecule has 0 radical (unpaired) electrons. The average Bonchev–Trinajstić information content (AvgIpc) is 3.01. The fourth-order valence-corrected chi connectivity index (χ4v) is 4.18. The highest BCUT2D eigenvalue weighted by molar-refractivity contribution is 8.00. The summed E-state index contributed by atoms with van der Waals surface area (Å²) in [4.78, 5) is 0. The molecule has 1 aromatic carbocycles. The highest BCUT2D eigenvalue weighted by atomic mass is 32.2. The third-order valence-electron chi connectivity index (χ3n) is 4.74. The van der Waals surface area contributed by atoms with Gasteiger partial charge in [0.2, 0.25) is 0 Å². The van der Waals surface area contributed by atoms with Crippen LogP contribution in [0.25, 0.3) is 0 Å². The van der Waals surface area contributed by atoms with Gasteiger partial charge < -0.3 is 14.8 Å². The van der Waals surface area contributed by atoms with Crippen LogP contribution >= 0.6 is 11.8 Å². The molecule has 0 bridgehead atoms. The van der Waals surface area contributed by atoms with Gasteiger partial charge in [0.1, 0.15) is 13.2 Å².